The molecule has 0 aliphatic rings. The van der Waals surface area contributed by atoms with Gasteiger partial charge in [0, 0.05) is 5.56 Å². The molecule has 6 heteroatoms. The Labute approximate surface area is 138 Å². The molecule has 6 nitrogen and oxygen atoms in total. The molecule has 0 N–H and O–H groups in total. The van der Waals surface area contributed by atoms with Crippen LogP contribution in [0.3, 0.4) is 0 Å². The van der Waals surface area contributed by atoms with Gasteiger partial charge in [-0.15, -0.1) is 0 Å². The number of hydrogen-bond acceptors (Lipinski definition) is 6. The van der Waals surface area contributed by atoms with Crippen molar-refractivity contribution in [2.45, 2.75) is 6.92 Å². The number of ether oxygens (including phenoxy) is 2. The summed E-state index contributed by atoms with van der Waals surface area (Å²) in [6.07, 6.45) is 0. The van der Waals surface area contributed by atoms with E-state index in [0.717, 1.165) is 0 Å². The predicted octanol–water partition coefficient (Wildman–Crippen LogP) is 2.52. The molecule has 0 heterocycles. The van der Waals surface area contributed by atoms with Crippen molar-refractivity contribution in [1.82, 2.24) is 0 Å². The number of nitriles is 1. The lowest BCUT2D eigenvalue weighted by Gasteiger charge is -2.06. The van der Waals surface area contributed by atoms with Crippen LogP contribution in [0.15, 0.2) is 48.5 Å². The maximum Gasteiger partial charge on any atom is 0.352 e. The molecule has 0 aliphatic heterocycles. The SMILES string of the molecule is CC(=O)c1ccc(OCC(=O)OC(=O)c2ccc(C#N)cc2)cc1. The van der Waals surface area contributed by atoms with E-state index in [1.54, 1.807) is 24.3 Å². The van der Waals surface area contributed by atoms with Gasteiger partial charge in [0.15, 0.2) is 12.4 Å². The van der Waals surface area contributed by atoms with Crippen molar-refractivity contribution in [3.63, 3.8) is 0 Å². The van der Waals surface area contributed by atoms with E-state index in [9.17, 15) is 14.4 Å². The Balaban J connectivity index is 1.87. The highest BCUT2D eigenvalue weighted by Gasteiger charge is 2.13. The molecule has 0 atom stereocenters. The van der Waals surface area contributed by atoms with Crippen LogP contribution in [-0.4, -0.2) is 24.3 Å². The van der Waals surface area contributed by atoms with Gasteiger partial charge in [0.25, 0.3) is 0 Å². The molecule has 0 amide bonds. The fraction of sp³-hybridized carbons (Fsp3) is 0.111. The smallest absolute Gasteiger partial charge is 0.352 e. The predicted molar refractivity (Wildman–Crippen MR) is 83.5 cm³/mol. The molecule has 2 aromatic rings. The van der Waals surface area contributed by atoms with Crippen LogP contribution in [0.1, 0.15) is 33.2 Å². The van der Waals surface area contributed by atoms with Gasteiger partial charge in [-0.25, -0.2) is 9.59 Å². The lowest BCUT2D eigenvalue weighted by Crippen LogP contribution is -2.19. The Hall–Kier alpha value is -3.46. The first-order valence-electron chi connectivity index (χ1n) is 6.98. The van der Waals surface area contributed by atoms with Crippen LogP contribution < -0.4 is 4.74 Å². The molecule has 2 aromatic carbocycles. The number of carbonyl (C=O) groups is 3. The first-order chi connectivity index (χ1) is 11.5. The fourth-order valence-corrected chi connectivity index (χ4v) is 1.80. The third-order valence-electron chi connectivity index (χ3n) is 3.07. The standard InChI is InChI=1S/C18H13NO5/c1-12(20)14-6-8-16(9-7-14)23-11-17(21)24-18(22)15-4-2-13(10-19)3-5-15/h2-9H,11H2,1H3. The molecule has 24 heavy (non-hydrogen) atoms. The van der Waals surface area contributed by atoms with Gasteiger partial charge in [0.1, 0.15) is 5.75 Å². The van der Waals surface area contributed by atoms with E-state index in [1.807, 2.05) is 6.07 Å². The molecular formula is C18H13NO5. The van der Waals surface area contributed by atoms with Crippen molar-refractivity contribution >= 4 is 17.7 Å². The second-order valence-electron chi connectivity index (χ2n) is 4.82. The van der Waals surface area contributed by atoms with Crippen molar-refractivity contribution in [2.75, 3.05) is 6.61 Å². The first-order valence-corrected chi connectivity index (χ1v) is 6.98. The second kappa shape index (κ2) is 7.70. The summed E-state index contributed by atoms with van der Waals surface area (Å²) < 4.78 is 9.85. The van der Waals surface area contributed by atoms with Gasteiger partial charge in [0.2, 0.25) is 0 Å². The molecule has 0 spiro atoms. The number of rotatable bonds is 5. The third kappa shape index (κ3) is 4.52. The number of Topliss-reactive ketones (excluding diaryl/α,β-unsaturated/α-hetero) is 1. The zero-order valence-corrected chi connectivity index (χ0v) is 12.8. The maximum atomic E-state index is 11.8. The lowest BCUT2D eigenvalue weighted by atomic mass is 10.1. The lowest BCUT2D eigenvalue weighted by molar-refractivity contribution is -0.140. The number of benzene rings is 2. The van der Waals surface area contributed by atoms with Crippen LogP contribution in [-0.2, 0) is 9.53 Å². The molecule has 0 radical (unpaired) electrons. The highest BCUT2D eigenvalue weighted by molar-refractivity contribution is 5.97. The molecule has 0 unspecified atom stereocenters. The Morgan fingerprint density at radius 3 is 2.08 bits per heavy atom. The summed E-state index contributed by atoms with van der Waals surface area (Å²) in [6, 6.07) is 13.9. The Kier molecular flexibility index (Phi) is 5.42. The maximum absolute atomic E-state index is 11.8. The molecular weight excluding hydrogens is 310 g/mol. The van der Waals surface area contributed by atoms with Crippen LogP contribution in [0.4, 0.5) is 0 Å². The minimum atomic E-state index is -0.847. The fourth-order valence-electron chi connectivity index (χ4n) is 1.80. The summed E-state index contributed by atoms with van der Waals surface area (Å²) in [5.74, 6) is -1.36. The van der Waals surface area contributed by atoms with E-state index in [1.165, 1.54) is 31.2 Å². The van der Waals surface area contributed by atoms with E-state index in [0.29, 0.717) is 16.9 Å². The molecule has 0 saturated carbocycles. The largest absolute Gasteiger partial charge is 0.482 e. The van der Waals surface area contributed by atoms with Crippen LogP contribution in [0.2, 0.25) is 0 Å². The van der Waals surface area contributed by atoms with Gasteiger partial charge in [-0.05, 0) is 55.5 Å². The summed E-state index contributed by atoms with van der Waals surface area (Å²) in [5.41, 5.74) is 1.09. The number of nitrogens with zero attached hydrogens (tertiary/aromatic N) is 1. The number of carbonyl (C=O) groups excluding carboxylic acids is 3. The van der Waals surface area contributed by atoms with Crippen molar-refractivity contribution in [3.05, 3.63) is 65.2 Å². The van der Waals surface area contributed by atoms with E-state index >= 15 is 0 Å². The van der Waals surface area contributed by atoms with Crippen LogP contribution in [0.5, 0.6) is 5.75 Å². The van der Waals surface area contributed by atoms with Gasteiger partial charge in [-0.3, -0.25) is 4.79 Å². The average molecular weight is 323 g/mol. The molecule has 2 rings (SSSR count). The second-order valence-corrected chi connectivity index (χ2v) is 4.82. The van der Waals surface area contributed by atoms with Gasteiger partial charge < -0.3 is 9.47 Å². The zero-order valence-electron chi connectivity index (χ0n) is 12.8. The normalized spacial score (nSPS) is 9.67. The molecule has 0 fully saturated rings. The highest BCUT2D eigenvalue weighted by atomic mass is 16.6. The number of esters is 2. The summed E-state index contributed by atoms with van der Waals surface area (Å²) in [6.45, 7) is 1.00. The average Bonchev–Trinajstić information content (AvgIpc) is 2.60. The molecule has 120 valence electrons. The third-order valence-corrected chi connectivity index (χ3v) is 3.07. The highest BCUT2D eigenvalue weighted by Crippen LogP contribution is 2.13. The van der Waals surface area contributed by atoms with Crippen molar-refractivity contribution in [3.8, 4) is 11.8 Å². The van der Waals surface area contributed by atoms with Crippen LogP contribution in [0.25, 0.3) is 0 Å². The number of hydrogen-bond donors (Lipinski definition) is 0. The van der Waals surface area contributed by atoms with Crippen molar-refractivity contribution in [2.24, 2.45) is 0 Å². The van der Waals surface area contributed by atoms with Gasteiger partial charge >= 0.3 is 11.9 Å². The molecule has 0 aliphatic carbocycles. The van der Waals surface area contributed by atoms with E-state index in [-0.39, 0.29) is 11.3 Å². The Bertz CT molecular complexity index is 801. The first kappa shape index (κ1) is 16.9. The minimum Gasteiger partial charge on any atom is -0.482 e. The van der Waals surface area contributed by atoms with Crippen molar-refractivity contribution < 1.29 is 23.9 Å². The van der Waals surface area contributed by atoms with Crippen LogP contribution in [0, 0.1) is 11.3 Å². The van der Waals surface area contributed by atoms with Gasteiger partial charge in [-0.1, -0.05) is 0 Å². The van der Waals surface area contributed by atoms with E-state index < -0.39 is 18.5 Å². The topological polar surface area (TPSA) is 93.5 Å². The summed E-state index contributed by atoms with van der Waals surface area (Å²) in [7, 11) is 0. The molecule has 0 aromatic heterocycles. The molecule has 0 bridgehead atoms. The summed E-state index contributed by atoms with van der Waals surface area (Å²) in [5, 5.41) is 8.68. The Morgan fingerprint density at radius 2 is 1.54 bits per heavy atom. The Morgan fingerprint density at radius 1 is 0.958 bits per heavy atom. The minimum absolute atomic E-state index is 0.0750. The number of ketones is 1. The van der Waals surface area contributed by atoms with E-state index in [2.05, 4.69) is 4.74 Å². The van der Waals surface area contributed by atoms with Crippen LogP contribution >= 0.6 is 0 Å². The van der Waals surface area contributed by atoms with Crippen molar-refractivity contribution in [1.29, 1.82) is 5.26 Å². The summed E-state index contributed by atoms with van der Waals surface area (Å²) >= 11 is 0. The van der Waals surface area contributed by atoms with Gasteiger partial charge in [-0.2, -0.15) is 5.26 Å². The van der Waals surface area contributed by atoms with E-state index in [4.69, 9.17) is 10.00 Å². The molecule has 0 saturated heterocycles. The summed E-state index contributed by atoms with van der Waals surface area (Å²) in [4.78, 5) is 34.5. The zero-order chi connectivity index (χ0) is 17.5. The monoisotopic (exact) mass is 323 g/mol. The quantitative estimate of drug-likeness (QED) is 0.477. The van der Waals surface area contributed by atoms with Gasteiger partial charge in [0.05, 0.1) is 17.2 Å².